The molecule has 0 saturated heterocycles. The molecule has 0 heterocycles. The third-order valence-electron chi connectivity index (χ3n) is 2.51. The van der Waals surface area contributed by atoms with E-state index in [0.717, 1.165) is 23.0 Å². The quantitative estimate of drug-likeness (QED) is 0.493. The van der Waals surface area contributed by atoms with Crippen LogP contribution in [0.2, 0.25) is 0 Å². The van der Waals surface area contributed by atoms with Crippen LogP contribution in [0.3, 0.4) is 0 Å². The van der Waals surface area contributed by atoms with Crippen molar-refractivity contribution in [1.82, 2.24) is 0 Å². The van der Waals surface area contributed by atoms with Crippen LogP contribution in [0.5, 0.6) is 0 Å². The van der Waals surface area contributed by atoms with E-state index in [1.165, 1.54) is 6.08 Å². The molecule has 2 heteroatoms. The van der Waals surface area contributed by atoms with Gasteiger partial charge in [0.25, 0.3) is 0 Å². The summed E-state index contributed by atoms with van der Waals surface area (Å²) in [6, 6.07) is 15.7. The molecule has 0 fully saturated rings. The highest BCUT2D eigenvalue weighted by Gasteiger charge is 2.02. The molecule has 0 aliphatic rings. The summed E-state index contributed by atoms with van der Waals surface area (Å²) >= 11 is 0. The van der Waals surface area contributed by atoms with Gasteiger partial charge < -0.3 is 5.73 Å². The van der Waals surface area contributed by atoms with Crippen LogP contribution >= 0.6 is 0 Å². The van der Waals surface area contributed by atoms with Crippen LogP contribution < -0.4 is 5.73 Å². The normalized spacial score (nSPS) is 10.6. The van der Waals surface area contributed by atoms with Crippen LogP contribution in [-0.2, 0) is 4.79 Å². The summed E-state index contributed by atoms with van der Waals surface area (Å²) in [7, 11) is 0. The second kappa shape index (κ2) is 5.12. The molecule has 2 nitrogen and oxygen atoms in total. The second-order valence-electron chi connectivity index (χ2n) is 3.71. The summed E-state index contributed by atoms with van der Waals surface area (Å²) in [6.07, 6.45) is 4.00. The first-order chi connectivity index (χ1) is 8.31. The zero-order chi connectivity index (χ0) is 12.1. The first-order valence-corrected chi connectivity index (χ1v) is 5.38. The number of allylic oxidation sites excluding steroid dienone is 1. The first-order valence-electron chi connectivity index (χ1n) is 5.38. The van der Waals surface area contributed by atoms with E-state index in [9.17, 15) is 4.79 Å². The molecule has 17 heavy (non-hydrogen) atoms. The van der Waals surface area contributed by atoms with Crippen molar-refractivity contribution < 1.29 is 4.79 Å². The van der Waals surface area contributed by atoms with Crippen molar-refractivity contribution in [2.75, 3.05) is 5.73 Å². The molecular weight excluding hydrogens is 210 g/mol. The Balaban J connectivity index is 2.53. The topological polar surface area (TPSA) is 43.1 Å². The van der Waals surface area contributed by atoms with E-state index < -0.39 is 0 Å². The van der Waals surface area contributed by atoms with Gasteiger partial charge in [0.15, 0.2) is 0 Å². The lowest BCUT2D eigenvalue weighted by Crippen LogP contribution is -1.88. The fraction of sp³-hybridized carbons (Fsp3) is 0. The lowest BCUT2D eigenvalue weighted by Gasteiger charge is -2.07. The minimum absolute atomic E-state index is 0.690. The molecule has 0 radical (unpaired) electrons. The monoisotopic (exact) mass is 223 g/mol. The molecule has 0 saturated carbocycles. The Morgan fingerprint density at radius 2 is 1.76 bits per heavy atom. The number of benzene rings is 2. The first kappa shape index (κ1) is 11.1. The zero-order valence-electron chi connectivity index (χ0n) is 9.34. The van der Waals surface area contributed by atoms with E-state index in [-0.39, 0.29) is 0 Å². The second-order valence-corrected chi connectivity index (χ2v) is 3.71. The Bertz CT molecular complexity index is 544. The van der Waals surface area contributed by atoms with E-state index in [1.54, 1.807) is 6.08 Å². The van der Waals surface area contributed by atoms with Gasteiger partial charge in [-0.15, -0.1) is 0 Å². The van der Waals surface area contributed by atoms with Gasteiger partial charge in [-0.1, -0.05) is 42.5 Å². The minimum atomic E-state index is 0.690. The molecule has 2 N–H and O–H groups in total. The lowest BCUT2D eigenvalue weighted by atomic mass is 9.99. The maximum Gasteiger partial charge on any atom is 0.142 e. The molecule has 0 atom stereocenters. The number of carbonyl (C=O) groups excluding carboxylic acids is 1. The number of anilines is 1. The number of nitrogen functional groups attached to an aromatic ring is 1. The Morgan fingerprint density at radius 3 is 2.47 bits per heavy atom. The van der Waals surface area contributed by atoms with E-state index in [2.05, 4.69) is 0 Å². The molecular formula is C15H13NO. The van der Waals surface area contributed by atoms with Gasteiger partial charge in [-0.2, -0.15) is 0 Å². The molecule has 0 unspecified atom stereocenters. The van der Waals surface area contributed by atoms with Gasteiger partial charge in [0.1, 0.15) is 6.29 Å². The third kappa shape index (κ3) is 2.61. The summed E-state index contributed by atoms with van der Waals surface area (Å²) in [6.45, 7) is 0. The highest BCUT2D eigenvalue weighted by Crippen LogP contribution is 2.26. The Kier molecular flexibility index (Phi) is 3.36. The zero-order valence-corrected chi connectivity index (χ0v) is 9.34. The predicted molar refractivity (Wildman–Crippen MR) is 71.4 cm³/mol. The van der Waals surface area contributed by atoms with Crippen LogP contribution in [0, 0.1) is 0 Å². The lowest BCUT2D eigenvalue weighted by molar-refractivity contribution is -0.104. The number of nitrogens with two attached hydrogens (primary N) is 1. The third-order valence-corrected chi connectivity index (χ3v) is 2.51. The van der Waals surface area contributed by atoms with Crippen molar-refractivity contribution in [3.05, 3.63) is 60.2 Å². The van der Waals surface area contributed by atoms with Crippen LogP contribution in [0.4, 0.5) is 5.69 Å². The maximum absolute atomic E-state index is 10.4. The minimum Gasteiger partial charge on any atom is -0.399 e. The number of aldehydes is 1. The SMILES string of the molecule is Nc1ccc(-c2ccccc2)c(C=CC=O)c1. The standard InChI is InChI=1S/C15H13NO/c16-14-8-9-15(12-5-2-1-3-6-12)13(11-14)7-4-10-17/h1-11H,16H2. The molecule has 0 aliphatic heterocycles. The molecule has 0 spiro atoms. The van der Waals surface area contributed by atoms with E-state index in [4.69, 9.17) is 5.73 Å². The maximum atomic E-state index is 10.4. The van der Waals surface area contributed by atoms with Crippen molar-refractivity contribution in [2.24, 2.45) is 0 Å². The number of carbonyl (C=O) groups is 1. The molecule has 0 aromatic heterocycles. The summed E-state index contributed by atoms with van der Waals surface area (Å²) in [5, 5.41) is 0. The smallest absolute Gasteiger partial charge is 0.142 e. The van der Waals surface area contributed by atoms with Crippen LogP contribution in [-0.4, -0.2) is 6.29 Å². The van der Waals surface area contributed by atoms with E-state index in [1.807, 2.05) is 48.5 Å². The van der Waals surface area contributed by atoms with Gasteiger partial charge in [-0.05, 0) is 34.9 Å². The van der Waals surface area contributed by atoms with E-state index >= 15 is 0 Å². The van der Waals surface area contributed by atoms with Crippen molar-refractivity contribution in [3.63, 3.8) is 0 Å². The molecule has 0 amide bonds. The van der Waals surface area contributed by atoms with Gasteiger partial charge in [0.05, 0.1) is 0 Å². The number of rotatable bonds is 3. The molecule has 2 aromatic rings. The molecule has 2 rings (SSSR count). The van der Waals surface area contributed by atoms with Crippen molar-refractivity contribution in [2.45, 2.75) is 0 Å². The van der Waals surface area contributed by atoms with Gasteiger partial charge in [-0.3, -0.25) is 4.79 Å². The Labute approximate surface area is 100 Å². The average molecular weight is 223 g/mol. The molecule has 84 valence electrons. The summed E-state index contributed by atoms with van der Waals surface area (Å²) < 4.78 is 0. The van der Waals surface area contributed by atoms with Gasteiger partial charge in [0, 0.05) is 5.69 Å². The van der Waals surface area contributed by atoms with Gasteiger partial charge in [0.2, 0.25) is 0 Å². The summed E-state index contributed by atoms with van der Waals surface area (Å²) in [4.78, 5) is 10.4. The number of hydrogen-bond acceptors (Lipinski definition) is 2. The van der Waals surface area contributed by atoms with Crippen LogP contribution in [0.25, 0.3) is 17.2 Å². The molecule has 0 aliphatic carbocycles. The van der Waals surface area contributed by atoms with Crippen LogP contribution in [0.15, 0.2) is 54.6 Å². The Morgan fingerprint density at radius 1 is 1.00 bits per heavy atom. The Hall–Kier alpha value is -2.35. The number of hydrogen-bond donors (Lipinski definition) is 1. The fourth-order valence-corrected chi connectivity index (χ4v) is 1.74. The highest BCUT2D eigenvalue weighted by atomic mass is 16.1. The van der Waals surface area contributed by atoms with Crippen molar-refractivity contribution in [1.29, 1.82) is 0 Å². The fourth-order valence-electron chi connectivity index (χ4n) is 1.74. The van der Waals surface area contributed by atoms with Crippen molar-refractivity contribution >= 4 is 18.0 Å². The van der Waals surface area contributed by atoms with Crippen LogP contribution in [0.1, 0.15) is 5.56 Å². The van der Waals surface area contributed by atoms with Gasteiger partial charge >= 0.3 is 0 Å². The summed E-state index contributed by atoms with van der Waals surface area (Å²) in [5.41, 5.74) is 9.57. The van der Waals surface area contributed by atoms with E-state index in [0.29, 0.717) is 5.69 Å². The largest absolute Gasteiger partial charge is 0.399 e. The van der Waals surface area contributed by atoms with Crippen molar-refractivity contribution in [3.8, 4) is 11.1 Å². The molecule has 2 aromatic carbocycles. The highest BCUT2D eigenvalue weighted by molar-refractivity contribution is 5.82. The van der Waals surface area contributed by atoms with Gasteiger partial charge in [-0.25, -0.2) is 0 Å². The summed E-state index contributed by atoms with van der Waals surface area (Å²) in [5.74, 6) is 0. The molecule has 0 bridgehead atoms. The predicted octanol–water partition coefficient (Wildman–Crippen LogP) is 3.15. The average Bonchev–Trinajstić information content (AvgIpc) is 2.37.